The summed E-state index contributed by atoms with van der Waals surface area (Å²) in [5, 5.41) is 0. The maximum atomic E-state index is 12.4. The fourth-order valence-corrected chi connectivity index (χ4v) is 2.33. The minimum Gasteiger partial charge on any atom is -0.488 e. The Morgan fingerprint density at radius 2 is 1.85 bits per heavy atom. The average molecular weight is 264 g/mol. The Morgan fingerprint density at radius 1 is 1.10 bits per heavy atom. The summed E-state index contributed by atoms with van der Waals surface area (Å²) in [6, 6.07) is 15.6. The van der Waals surface area contributed by atoms with Crippen LogP contribution in [-0.4, -0.2) is 12.4 Å². The van der Waals surface area contributed by atoms with E-state index in [9.17, 15) is 4.79 Å². The molecule has 0 amide bonds. The fourth-order valence-electron chi connectivity index (χ4n) is 2.33. The molecule has 1 aliphatic rings. The van der Waals surface area contributed by atoms with Crippen LogP contribution < -0.4 is 4.74 Å². The monoisotopic (exact) mass is 264 g/mol. The molecule has 0 radical (unpaired) electrons. The van der Waals surface area contributed by atoms with E-state index in [-0.39, 0.29) is 5.78 Å². The van der Waals surface area contributed by atoms with Gasteiger partial charge < -0.3 is 4.74 Å². The van der Waals surface area contributed by atoms with Crippen LogP contribution in [-0.2, 0) is 6.42 Å². The second-order valence-electron chi connectivity index (χ2n) is 4.88. The summed E-state index contributed by atoms with van der Waals surface area (Å²) in [5.41, 5.74) is 3.68. The van der Waals surface area contributed by atoms with Gasteiger partial charge in [-0.1, -0.05) is 43.3 Å². The lowest BCUT2D eigenvalue weighted by molar-refractivity contribution is 0.100. The second kappa shape index (κ2) is 5.33. The lowest BCUT2D eigenvalue weighted by Crippen LogP contribution is -2.18. The molecule has 0 saturated carbocycles. The van der Waals surface area contributed by atoms with Gasteiger partial charge in [0.1, 0.15) is 12.4 Å². The molecule has 2 heteroatoms. The van der Waals surface area contributed by atoms with Crippen LogP contribution in [0.2, 0.25) is 0 Å². The van der Waals surface area contributed by atoms with E-state index in [0.717, 1.165) is 12.0 Å². The van der Waals surface area contributed by atoms with Crippen molar-refractivity contribution >= 4 is 11.9 Å². The number of carbonyl (C=O) groups is 1. The molecule has 0 N–H and O–H groups in total. The number of hydrogen-bond donors (Lipinski definition) is 0. The fraction of sp³-hybridized carbons (Fsp3) is 0.167. The number of hydrogen-bond acceptors (Lipinski definition) is 2. The summed E-state index contributed by atoms with van der Waals surface area (Å²) < 4.78 is 5.63. The van der Waals surface area contributed by atoms with Gasteiger partial charge in [0.05, 0.1) is 5.56 Å². The highest BCUT2D eigenvalue weighted by Crippen LogP contribution is 2.27. The summed E-state index contributed by atoms with van der Waals surface area (Å²) in [4.78, 5) is 12.4. The number of rotatable bonds is 2. The van der Waals surface area contributed by atoms with Crippen LogP contribution in [0.1, 0.15) is 28.4 Å². The summed E-state index contributed by atoms with van der Waals surface area (Å²) in [6.45, 7) is 2.47. The summed E-state index contributed by atoms with van der Waals surface area (Å²) >= 11 is 0. The Hall–Kier alpha value is -2.35. The molecule has 0 fully saturated rings. The standard InChI is InChI=1S/C18H16O2/c1-2-13-7-9-14(10-8-13)11-15-12-20-17-6-4-3-5-16(17)18(15)19/h3-11H,2,12H2,1H3/b15-11+. The van der Waals surface area contributed by atoms with Crippen molar-refractivity contribution in [2.75, 3.05) is 6.61 Å². The van der Waals surface area contributed by atoms with Gasteiger partial charge in [0.15, 0.2) is 5.78 Å². The van der Waals surface area contributed by atoms with Crippen molar-refractivity contribution in [3.63, 3.8) is 0 Å². The lowest BCUT2D eigenvalue weighted by atomic mass is 9.98. The van der Waals surface area contributed by atoms with E-state index in [1.165, 1.54) is 5.56 Å². The Kier molecular flexibility index (Phi) is 3.38. The third-order valence-corrected chi connectivity index (χ3v) is 3.54. The number of aryl methyl sites for hydroxylation is 1. The van der Waals surface area contributed by atoms with E-state index in [1.807, 2.05) is 42.5 Å². The number of benzene rings is 2. The second-order valence-corrected chi connectivity index (χ2v) is 4.88. The molecule has 0 saturated heterocycles. The molecule has 20 heavy (non-hydrogen) atoms. The highest BCUT2D eigenvalue weighted by molar-refractivity contribution is 6.14. The van der Waals surface area contributed by atoms with Crippen molar-refractivity contribution in [1.29, 1.82) is 0 Å². The molecule has 0 aromatic heterocycles. The van der Waals surface area contributed by atoms with E-state index >= 15 is 0 Å². The molecule has 0 atom stereocenters. The molecular formula is C18H16O2. The van der Waals surface area contributed by atoms with Gasteiger partial charge in [-0.15, -0.1) is 0 Å². The molecular weight excluding hydrogens is 248 g/mol. The predicted octanol–water partition coefficient (Wildman–Crippen LogP) is 3.91. The number of ketones is 1. The van der Waals surface area contributed by atoms with Crippen molar-refractivity contribution < 1.29 is 9.53 Å². The SMILES string of the molecule is CCc1ccc(/C=C2\COc3ccccc3C2=O)cc1. The normalized spacial score (nSPS) is 15.8. The first kappa shape index (κ1) is 12.7. The van der Waals surface area contributed by atoms with Gasteiger partial charge >= 0.3 is 0 Å². The van der Waals surface area contributed by atoms with Crippen molar-refractivity contribution in [1.82, 2.24) is 0 Å². The number of ether oxygens (including phenoxy) is 1. The van der Waals surface area contributed by atoms with E-state index in [1.54, 1.807) is 0 Å². The van der Waals surface area contributed by atoms with E-state index in [2.05, 4.69) is 19.1 Å². The van der Waals surface area contributed by atoms with Gasteiger partial charge in [0.25, 0.3) is 0 Å². The van der Waals surface area contributed by atoms with Crippen LogP contribution in [0.3, 0.4) is 0 Å². The zero-order chi connectivity index (χ0) is 13.9. The average Bonchev–Trinajstić information content (AvgIpc) is 2.51. The molecule has 0 spiro atoms. The maximum absolute atomic E-state index is 12.4. The molecule has 3 rings (SSSR count). The van der Waals surface area contributed by atoms with Crippen LogP contribution in [0, 0.1) is 0 Å². The minimum absolute atomic E-state index is 0.0615. The smallest absolute Gasteiger partial charge is 0.196 e. The summed E-state index contributed by atoms with van der Waals surface area (Å²) in [5.74, 6) is 0.738. The van der Waals surface area contributed by atoms with Gasteiger partial charge in [-0.2, -0.15) is 0 Å². The Bertz CT molecular complexity index is 666. The van der Waals surface area contributed by atoms with Crippen molar-refractivity contribution in [3.8, 4) is 5.75 Å². The van der Waals surface area contributed by atoms with Crippen LogP contribution >= 0.6 is 0 Å². The van der Waals surface area contributed by atoms with Crippen LogP contribution in [0.4, 0.5) is 0 Å². The first-order valence-electron chi connectivity index (χ1n) is 6.84. The van der Waals surface area contributed by atoms with Gasteiger partial charge in [0.2, 0.25) is 0 Å². The highest BCUT2D eigenvalue weighted by atomic mass is 16.5. The Morgan fingerprint density at radius 3 is 2.60 bits per heavy atom. The van der Waals surface area contributed by atoms with Crippen molar-refractivity contribution in [3.05, 3.63) is 70.8 Å². The summed E-state index contributed by atoms with van der Waals surface area (Å²) in [6.07, 6.45) is 2.93. The first-order chi connectivity index (χ1) is 9.78. The zero-order valence-electron chi connectivity index (χ0n) is 11.4. The van der Waals surface area contributed by atoms with Gasteiger partial charge in [-0.3, -0.25) is 4.79 Å². The molecule has 2 aromatic rings. The van der Waals surface area contributed by atoms with Crippen molar-refractivity contribution in [2.24, 2.45) is 0 Å². The molecule has 2 aromatic carbocycles. The number of Topliss-reactive ketones (excluding diaryl/α,β-unsaturated/α-hetero) is 1. The Balaban J connectivity index is 1.91. The van der Waals surface area contributed by atoms with Crippen molar-refractivity contribution in [2.45, 2.75) is 13.3 Å². The minimum atomic E-state index is 0.0615. The molecule has 0 unspecified atom stereocenters. The van der Waals surface area contributed by atoms with E-state index in [0.29, 0.717) is 23.5 Å². The third kappa shape index (κ3) is 2.37. The van der Waals surface area contributed by atoms with E-state index < -0.39 is 0 Å². The predicted molar refractivity (Wildman–Crippen MR) is 80.1 cm³/mol. The molecule has 1 heterocycles. The number of para-hydroxylation sites is 1. The zero-order valence-corrected chi connectivity index (χ0v) is 11.4. The maximum Gasteiger partial charge on any atom is 0.196 e. The molecule has 2 nitrogen and oxygen atoms in total. The molecule has 100 valence electrons. The largest absolute Gasteiger partial charge is 0.488 e. The van der Waals surface area contributed by atoms with Gasteiger partial charge in [-0.25, -0.2) is 0 Å². The molecule has 1 aliphatic heterocycles. The lowest BCUT2D eigenvalue weighted by Gasteiger charge is -2.18. The number of carbonyl (C=O) groups excluding carboxylic acids is 1. The first-order valence-corrected chi connectivity index (χ1v) is 6.84. The summed E-state index contributed by atoms with van der Waals surface area (Å²) in [7, 11) is 0. The molecule has 0 bridgehead atoms. The van der Waals surface area contributed by atoms with Crippen LogP contribution in [0.15, 0.2) is 54.1 Å². The number of fused-ring (bicyclic) bond motifs is 1. The van der Waals surface area contributed by atoms with Gasteiger partial charge in [0, 0.05) is 5.57 Å². The van der Waals surface area contributed by atoms with E-state index in [4.69, 9.17) is 4.74 Å². The quantitative estimate of drug-likeness (QED) is 0.769. The van der Waals surface area contributed by atoms with Crippen LogP contribution in [0.5, 0.6) is 5.75 Å². The highest BCUT2D eigenvalue weighted by Gasteiger charge is 2.22. The Labute approximate surface area is 118 Å². The topological polar surface area (TPSA) is 26.3 Å². The van der Waals surface area contributed by atoms with Crippen LogP contribution in [0.25, 0.3) is 6.08 Å². The molecule has 0 aliphatic carbocycles. The third-order valence-electron chi connectivity index (χ3n) is 3.54. The van der Waals surface area contributed by atoms with Gasteiger partial charge in [-0.05, 0) is 35.8 Å².